The largest absolute Gasteiger partial charge is 0.493 e. The summed E-state index contributed by atoms with van der Waals surface area (Å²) >= 11 is 0. The standard InChI is InChI=1S/C16H22O5/c1-19-14-6-5-12(3-2-4-16(17)18)11-15(14)21-13-7-9-20-10-8-13/h5-6,11,13H,2-4,7-10H2,1H3,(H,17,18). The van der Waals surface area contributed by atoms with Gasteiger partial charge in [-0.2, -0.15) is 0 Å². The molecule has 0 radical (unpaired) electrons. The number of carboxylic acids is 1. The molecule has 1 heterocycles. The minimum Gasteiger partial charge on any atom is -0.493 e. The molecule has 2 rings (SSSR count). The summed E-state index contributed by atoms with van der Waals surface area (Å²) in [7, 11) is 1.62. The van der Waals surface area contributed by atoms with Crippen LogP contribution in [0.25, 0.3) is 0 Å². The Hall–Kier alpha value is -1.75. The molecule has 0 saturated carbocycles. The van der Waals surface area contributed by atoms with Crippen LogP contribution in [0.4, 0.5) is 0 Å². The fourth-order valence-electron chi connectivity index (χ4n) is 2.39. The van der Waals surface area contributed by atoms with Crippen LogP contribution < -0.4 is 9.47 Å². The maximum absolute atomic E-state index is 10.6. The van der Waals surface area contributed by atoms with Gasteiger partial charge in [0, 0.05) is 19.3 Å². The second-order valence-corrected chi connectivity index (χ2v) is 5.16. The van der Waals surface area contributed by atoms with E-state index in [1.807, 2.05) is 18.2 Å². The van der Waals surface area contributed by atoms with E-state index in [2.05, 4.69) is 0 Å². The molecule has 0 amide bonds. The van der Waals surface area contributed by atoms with Gasteiger partial charge in [0.2, 0.25) is 0 Å². The van der Waals surface area contributed by atoms with Crippen LogP contribution in [0.1, 0.15) is 31.2 Å². The molecule has 0 atom stereocenters. The Bertz CT molecular complexity index is 466. The number of hydrogen-bond acceptors (Lipinski definition) is 4. The van der Waals surface area contributed by atoms with E-state index in [4.69, 9.17) is 19.3 Å². The highest BCUT2D eigenvalue weighted by Crippen LogP contribution is 2.31. The number of ether oxygens (including phenoxy) is 3. The summed E-state index contributed by atoms with van der Waals surface area (Å²) in [5, 5.41) is 8.69. The third-order valence-electron chi connectivity index (χ3n) is 3.55. The predicted molar refractivity (Wildman–Crippen MR) is 78.0 cm³/mol. The average Bonchev–Trinajstić information content (AvgIpc) is 2.48. The number of carbonyl (C=O) groups is 1. The van der Waals surface area contributed by atoms with Crippen LogP contribution in [0.5, 0.6) is 11.5 Å². The maximum atomic E-state index is 10.6. The van der Waals surface area contributed by atoms with Crippen molar-refractivity contribution in [1.29, 1.82) is 0 Å². The first-order valence-electron chi connectivity index (χ1n) is 7.32. The number of aliphatic carboxylic acids is 1. The van der Waals surface area contributed by atoms with Crippen molar-refractivity contribution >= 4 is 5.97 Å². The summed E-state index contributed by atoms with van der Waals surface area (Å²) in [4.78, 5) is 10.6. The lowest BCUT2D eigenvalue weighted by Gasteiger charge is -2.24. The van der Waals surface area contributed by atoms with Crippen molar-refractivity contribution in [2.75, 3.05) is 20.3 Å². The molecule has 1 fully saturated rings. The Balaban J connectivity index is 2.00. The Labute approximate surface area is 124 Å². The van der Waals surface area contributed by atoms with E-state index in [1.54, 1.807) is 7.11 Å². The topological polar surface area (TPSA) is 65.0 Å². The van der Waals surface area contributed by atoms with E-state index in [0.29, 0.717) is 12.2 Å². The van der Waals surface area contributed by atoms with Crippen molar-refractivity contribution in [3.05, 3.63) is 23.8 Å². The van der Waals surface area contributed by atoms with E-state index < -0.39 is 5.97 Å². The second kappa shape index (κ2) is 7.88. The number of benzene rings is 1. The molecule has 1 aromatic rings. The Kier molecular flexibility index (Phi) is 5.87. The summed E-state index contributed by atoms with van der Waals surface area (Å²) in [5.74, 6) is 0.683. The first-order valence-corrected chi connectivity index (χ1v) is 7.32. The molecule has 1 aliphatic rings. The molecule has 21 heavy (non-hydrogen) atoms. The van der Waals surface area contributed by atoms with E-state index in [1.165, 1.54) is 0 Å². The highest BCUT2D eigenvalue weighted by atomic mass is 16.5. The van der Waals surface area contributed by atoms with Crippen LogP contribution in [0.15, 0.2) is 18.2 Å². The van der Waals surface area contributed by atoms with Gasteiger partial charge in [0.05, 0.1) is 20.3 Å². The van der Waals surface area contributed by atoms with E-state index in [0.717, 1.165) is 43.8 Å². The van der Waals surface area contributed by atoms with Crippen LogP contribution in [0.2, 0.25) is 0 Å². The van der Waals surface area contributed by atoms with Gasteiger partial charge in [-0.1, -0.05) is 6.07 Å². The molecule has 1 N–H and O–H groups in total. The summed E-state index contributed by atoms with van der Waals surface area (Å²) < 4.78 is 16.7. The zero-order valence-electron chi connectivity index (χ0n) is 12.3. The van der Waals surface area contributed by atoms with Gasteiger partial charge in [-0.3, -0.25) is 4.79 Å². The molecule has 5 nitrogen and oxygen atoms in total. The Morgan fingerprint density at radius 1 is 1.33 bits per heavy atom. The smallest absolute Gasteiger partial charge is 0.303 e. The molecule has 5 heteroatoms. The lowest BCUT2D eigenvalue weighted by Crippen LogP contribution is -2.26. The Morgan fingerprint density at radius 3 is 2.76 bits per heavy atom. The first kappa shape index (κ1) is 15.6. The van der Waals surface area contributed by atoms with Gasteiger partial charge in [0.1, 0.15) is 6.10 Å². The van der Waals surface area contributed by atoms with Gasteiger partial charge < -0.3 is 19.3 Å². The summed E-state index contributed by atoms with van der Waals surface area (Å²) in [6, 6.07) is 5.79. The predicted octanol–water partition coefficient (Wildman–Crippen LogP) is 2.66. The second-order valence-electron chi connectivity index (χ2n) is 5.16. The van der Waals surface area contributed by atoms with E-state index >= 15 is 0 Å². The van der Waals surface area contributed by atoms with Gasteiger partial charge in [-0.05, 0) is 30.5 Å². The third kappa shape index (κ3) is 4.93. The zero-order valence-corrected chi connectivity index (χ0v) is 12.3. The zero-order chi connectivity index (χ0) is 15.1. The molecule has 116 valence electrons. The van der Waals surface area contributed by atoms with Crippen molar-refractivity contribution in [3.8, 4) is 11.5 Å². The fraction of sp³-hybridized carbons (Fsp3) is 0.562. The van der Waals surface area contributed by atoms with Crippen molar-refractivity contribution in [2.45, 2.75) is 38.2 Å². The lowest BCUT2D eigenvalue weighted by atomic mass is 10.1. The van der Waals surface area contributed by atoms with Crippen LogP contribution >= 0.6 is 0 Å². The van der Waals surface area contributed by atoms with Crippen LogP contribution in [-0.2, 0) is 16.0 Å². The molecule has 1 aliphatic heterocycles. The maximum Gasteiger partial charge on any atom is 0.303 e. The normalized spacial score (nSPS) is 15.7. The minimum absolute atomic E-state index is 0.155. The number of methoxy groups -OCH3 is 1. The van der Waals surface area contributed by atoms with Crippen molar-refractivity contribution < 1.29 is 24.1 Å². The molecule has 0 unspecified atom stereocenters. The SMILES string of the molecule is COc1ccc(CCCC(=O)O)cc1OC1CCOCC1. The number of rotatable bonds is 7. The highest BCUT2D eigenvalue weighted by Gasteiger charge is 2.17. The molecule has 0 bridgehead atoms. The van der Waals surface area contributed by atoms with Crippen LogP contribution in [0.3, 0.4) is 0 Å². The summed E-state index contributed by atoms with van der Waals surface area (Å²) in [6.45, 7) is 1.45. The van der Waals surface area contributed by atoms with Gasteiger partial charge in [0.25, 0.3) is 0 Å². The lowest BCUT2D eigenvalue weighted by molar-refractivity contribution is -0.137. The average molecular weight is 294 g/mol. The first-order chi connectivity index (χ1) is 10.2. The van der Waals surface area contributed by atoms with E-state index in [-0.39, 0.29) is 12.5 Å². The molecular formula is C16H22O5. The van der Waals surface area contributed by atoms with Gasteiger partial charge in [-0.15, -0.1) is 0 Å². The molecule has 0 spiro atoms. The molecule has 0 aliphatic carbocycles. The van der Waals surface area contributed by atoms with Gasteiger partial charge in [-0.25, -0.2) is 0 Å². The molecule has 0 aromatic heterocycles. The quantitative estimate of drug-likeness (QED) is 0.837. The van der Waals surface area contributed by atoms with Crippen LogP contribution in [0, 0.1) is 0 Å². The minimum atomic E-state index is -0.762. The summed E-state index contributed by atoms with van der Waals surface area (Å²) in [6.07, 6.45) is 3.45. The monoisotopic (exact) mass is 294 g/mol. The van der Waals surface area contributed by atoms with Crippen LogP contribution in [-0.4, -0.2) is 37.5 Å². The fourth-order valence-corrected chi connectivity index (χ4v) is 2.39. The van der Waals surface area contributed by atoms with Crippen molar-refractivity contribution in [2.24, 2.45) is 0 Å². The number of carboxylic acid groups (broad SMARTS) is 1. The van der Waals surface area contributed by atoms with Crippen molar-refractivity contribution in [1.82, 2.24) is 0 Å². The Morgan fingerprint density at radius 2 is 2.10 bits per heavy atom. The van der Waals surface area contributed by atoms with E-state index in [9.17, 15) is 4.79 Å². The molecule has 1 aromatic carbocycles. The third-order valence-corrected chi connectivity index (χ3v) is 3.55. The number of aryl methyl sites for hydroxylation is 1. The number of hydrogen-bond donors (Lipinski definition) is 1. The summed E-state index contributed by atoms with van der Waals surface area (Å²) in [5.41, 5.74) is 1.07. The molecular weight excluding hydrogens is 272 g/mol. The highest BCUT2D eigenvalue weighted by molar-refractivity contribution is 5.66. The van der Waals surface area contributed by atoms with Gasteiger partial charge in [0.15, 0.2) is 11.5 Å². The van der Waals surface area contributed by atoms with Crippen molar-refractivity contribution in [3.63, 3.8) is 0 Å². The molecule has 1 saturated heterocycles. The van der Waals surface area contributed by atoms with Gasteiger partial charge >= 0.3 is 5.97 Å².